The Morgan fingerprint density at radius 1 is 0.635 bits per heavy atom. The van der Waals surface area contributed by atoms with Crippen LogP contribution in [0.5, 0.6) is 17.2 Å². The molecule has 0 N–H and O–H groups in total. The summed E-state index contributed by atoms with van der Waals surface area (Å²) < 4.78 is 26.7. The smallest absolute Gasteiger partial charge is 0.345 e. The van der Waals surface area contributed by atoms with E-state index in [-0.39, 0.29) is 29.7 Å². The molecular weight excluding hydrogens is 815 g/mol. The molecule has 1 heterocycles. The Morgan fingerprint density at radius 3 is 2.00 bits per heavy atom. The first-order valence-electron chi connectivity index (χ1n) is 20.1. The van der Waals surface area contributed by atoms with Crippen LogP contribution in [-0.4, -0.2) is 54.2 Å². The zero-order valence-electron chi connectivity index (χ0n) is 34.2. The number of aryl methyl sites for hydroxylation is 2. The molecule has 0 saturated heterocycles. The van der Waals surface area contributed by atoms with E-state index in [4.69, 9.17) is 23.7 Å². The van der Waals surface area contributed by atoms with Crippen LogP contribution in [0.2, 0.25) is 0 Å². The fourth-order valence-corrected chi connectivity index (χ4v) is 7.23. The van der Waals surface area contributed by atoms with Crippen molar-refractivity contribution in [2.45, 2.75) is 24.2 Å². The first-order valence-corrected chi connectivity index (χ1v) is 20.9. The van der Waals surface area contributed by atoms with Gasteiger partial charge in [-0.3, -0.25) is 9.59 Å². The average Bonchev–Trinajstić information content (AvgIpc) is 3.59. The molecule has 11 heteroatoms. The van der Waals surface area contributed by atoms with Crippen molar-refractivity contribution in [3.8, 4) is 40.2 Å². The van der Waals surface area contributed by atoms with Gasteiger partial charge < -0.3 is 23.7 Å². The van der Waals surface area contributed by atoms with Gasteiger partial charge in [0.15, 0.2) is 5.78 Å². The Labute approximate surface area is 369 Å². The van der Waals surface area contributed by atoms with E-state index in [9.17, 15) is 19.2 Å². The van der Waals surface area contributed by atoms with Crippen LogP contribution < -0.4 is 14.2 Å². The Morgan fingerprint density at radius 2 is 1.29 bits per heavy atom. The molecule has 0 saturated carbocycles. The van der Waals surface area contributed by atoms with Crippen molar-refractivity contribution in [2.75, 3.05) is 26.4 Å². The van der Waals surface area contributed by atoms with E-state index in [0.717, 1.165) is 58.1 Å². The van der Waals surface area contributed by atoms with Gasteiger partial charge in [0.2, 0.25) is 5.12 Å². The van der Waals surface area contributed by atoms with Crippen molar-refractivity contribution in [1.82, 2.24) is 4.98 Å². The number of hydrogen-bond donors (Lipinski definition) is 0. The molecule has 0 fully saturated rings. The van der Waals surface area contributed by atoms with E-state index >= 15 is 0 Å². The van der Waals surface area contributed by atoms with Gasteiger partial charge in [-0.1, -0.05) is 49.4 Å². The van der Waals surface area contributed by atoms with Crippen molar-refractivity contribution in [3.63, 3.8) is 0 Å². The quantitative estimate of drug-likeness (QED) is 0.0156. The van der Waals surface area contributed by atoms with E-state index in [0.29, 0.717) is 52.8 Å². The summed E-state index contributed by atoms with van der Waals surface area (Å²) in [6.07, 6.45) is 6.19. The number of rotatable bonds is 18. The van der Waals surface area contributed by atoms with Crippen LogP contribution in [0.15, 0.2) is 158 Å². The molecule has 0 unspecified atom stereocenters. The fourth-order valence-electron chi connectivity index (χ4n) is 6.49. The SMILES string of the molecule is C=COCCCOc1ccc(C(=O)Sc2ccc(CCc3ccc4c(c3)-c3cc(C#Cc5ccc(C(=O)Oc6ccc(OCCOC(=O)C=C)cc6)cn5)ccc3C4=O)cc2)cc1. The third kappa shape index (κ3) is 11.8. The number of aromatic nitrogens is 1. The first kappa shape index (κ1) is 43.4. The highest BCUT2D eigenvalue weighted by Crippen LogP contribution is 2.38. The Hall–Kier alpha value is -7.68. The van der Waals surface area contributed by atoms with Gasteiger partial charge in [-0.15, -0.1) is 0 Å². The van der Waals surface area contributed by atoms with E-state index < -0.39 is 11.9 Å². The highest BCUT2D eigenvalue weighted by Gasteiger charge is 2.27. The zero-order chi connectivity index (χ0) is 44.0. The van der Waals surface area contributed by atoms with Crippen LogP contribution in [-0.2, 0) is 27.1 Å². The van der Waals surface area contributed by atoms with Crippen LogP contribution in [0, 0.1) is 11.8 Å². The molecular formula is C52H41NO9S. The molecule has 63 heavy (non-hydrogen) atoms. The first-order chi connectivity index (χ1) is 30.8. The van der Waals surface area contributed by atoms with Gasteiger partial charge in [0.05, 0.1) is 25.0 Å². The Bertz CT molecular complexity index is 2700. The van der Waals surface area contributed by atoms with Gasteiger partial charge in [0, 0.05) is 45.8 Å². The molecule has 10 nitrogen and oxygen atoms in total. The highest BCUT2D eigenvalue weighted by molar-refractivity contribution is 8.14. The number of thioether (sulfide) groups is 1. The summed E-state index contributed by atoms with van der Waals surface area (Å²) in [5, 5.41) is -0.0433. The Balaban J connectivity index is 0.908. The maximum atomic E-state index is 13.3. The zero-order valence-corrected chi connectivity index (χ0v) is 35.0. The normalized spacial score (nSPS) is 11.0. The van der Waals surface area contributed by atoms with Crippen molar-refractivity contribution in [1.29, 1.82) is 0 Å². The largest absolute Gasteiger partial charge is 0.502 e. The number of pyridine rings is 1. The van der Waals surface area contributed by atoms with Crippen LogP contribution in [0.1, 0.15) is 65.4 Å². The minimum absolute atomic E-state index is 0.0133. The molecule has 0 radical (unpaired) electrons. The molecule has 0 amide bonds. The molecule has 0 spiro atoms. The minimum atomic E-state index is -0.582. The van der Waals surface area contributed by atoms with Crippen molar-refractivity contribution < 1.29 is 42.9 Å². The summed E-state index contributed by atoms with van der Waals surface area (Å²) in [5.74, 6) is 6.62. The predicted molar refractivity (Wildman–Crippen MR) is 240 cm³/mol. The standard InChI is InChI=1S/C52H41NO9S/c1-3-49(54)61-31-30-60-42-20-22-43(23-21-42)62-51(56)39-13-17-40(53-34-39)16-8-37-12-27-46-48(33-37)47-32-36(11-26-45(47)50(46)55)7-6-35-9-24-44(25-10-35)63-52(57)38-14-18-41(19-15-38)59-29-5-28-58-4-2/h3-4,9-15,17-27,32-34H,1-2,5-7,28-31H2. The van der Waals surface area contributed by atoms with Gasteiger partial charge in [-0.05, 0) is 144 Å². The molecule has 5 aromatic carbocycles. The van der Waals surface area contributed by atoms with Crippen LogP contribution in [0.25, 0.3) is 11.1 Å². The molecule has 0 aliphatic heterocycles. The Kier molecular flexibility index (Phi) is 14.6. The van der Waals surface area contributed by atoms with E-state index in [1.807, 2.05) is 54.6 Å². The summed E-state index contributed by atoms with van der Waals surface area (Å²) in [4.78, 5) is 55.3. The average molecular weight is 856 g/mol. The number of fused-ring (bicyclic) bond motifs is 3. The summed E-state index contributed by atoms with van der Waals surface area (Å²) >= 11 is 1.19. The molecule has 1 aliphatic carbocycles. The summed E-state index contributed by atoms with van der Waals surface area (Å²) in [7, 11) is 0. The summed E-state index contributed by atoms with van der Waals surface area (Å²) in [6, 6.07) is 36.4. The lowest BCUT2D eigenvalue weighted by molar-refractivity contribution is -0.138. The van der Waals surface area contributed by atoms with Gasteiger partial charge in [0.25, 0.3) is 0 Å². The highest BCUT2D eigenvalue weighted by atomic mass is 32.2. The maximum absolute atomic E-state index is 13.3. The lowest BCUT2D eigenvalue weighted by Crippen LogP contribution is -2.10. The molecule has 1 aliphatic rings. The van der Waals surface area contributed by atoms with Gasteiger partial charge >= 0.3 is 11.9 Å². The lowest BCUT2D eigenvalue weighted by atomic mass is 9.98. The summed E-state index contributed by atoms with van der Waals surface area (Å²) in [6.45, 7) is 8.16. The number of nitrogens with zero attached hydrogens (tertiary/aromatic N) is 1. The fraction of sp³-hybridized carbons (Fsp3) is 0.135. The third-order valence-corrected chi connectivity index (χ3v) is 10.7. The number of hydrogen-bond acceptors (Lipinski definition) is 11. The minimum Gasteiger partial charge on any atom is -0.502 e. The van der Waals surface area contributed by atoms with Gasteiger partial charge in [-0.2, -0.15) is 0 Å². The summed E-state index contributed by atoms with van der Waals surface area (Å²) in [5.41, 5.74) is 7.30. The number of carbonyl (C=O) groups excluding carboxylic acids is 4. The monoisotopic (exact) mass is 855 g/mol. The van der Waals surface area contributed by atoms with Crippen LogP contribution in [0.3, 0.4) is 0 Å². The molecule has 6 aromatic rings. The van der Waals surface area contributed by atoms with Crippen molar-refractivity contribution >= 4 is 34.6 Å². The number of carbonyl (C=O) groups is 4. The lowest BCUT2D eigenvalue weighted by Gasteiger charge is -2.08. The van der Waals surface area contributed by atoms with Gasteiger partial charge in [-0.25, -0.2) is 14.6 Å². The van der Waals surface area contributed by atoms with E-state index in [2.05, 4.69) is 36.0 Å². The van der Waals surface area contributed by atoms with Crippen LogP contribution >= 0.6 is 11.8 Å². The van der Waals surface area contributed by atoms with E-state index in [1.165, 1.54) is 24.2 Å². The maximum Gasteiger partial charge on any atom is 0.345 e. The third-order valence-electron chi connectivity index (χ3n) is 9.73. The van der Waals surface area contributed by atoms with Crippen molar-refractivity contribution in [3.05, 3.63) is 198 Å². The van der Waals surface area contributed by atoms with Crippen molar-refractivity contribution in [2.24, 2.45) is 0 Å². The van der Waals surface area contributed by atoms with Gasteiger partial charge in [0.1, 0.15) is 36.2 Å². The van der Waals surface area contributed by atoms with E-state index in [1.54, 1.807) is 60.7 Å². The number of ketones is 1. The molecule has 0 bridgehead atoms. The molecule has 314 valence electrons. The second-order valence-corrected chi connectivity index (χ2v) is 15.1. The number of benzene rings is 5. The van der Waals surface area contributed by atoms with Crippen LogP contribution in [0.4, 0.5) is 0 Å². The molecule has 0 atom stereocenters. The number of esters is 2. The molecule has 7 rings (SSSR count). The number of ether oxygens (including phenoxy) is 5. The topological polar surface area (TPSA) is 127 Å². The second kappa shape index (κ2) is 21.2. The molecule has 1 aromatic heterocycles. The predicted octanol–water partition coefficient (Wildman–Crippen LogP) is 9.67. The second-order valence-electron chi connectivity index (χ2n) is 14.0.